The van der Waals surface area contributed by atoms with E-state index in [0.29, 0.717) is 19.4 Å². The summed E-state index contributed by atoms with van der Waals surface area (Å²) in [5.41, 5.74) is -0.529. The second kappa shape index (κ2) is 11.5. The molecule has 2 amide bonds. The molecule has 1 N–H and O–H groups in total. The third-order valence-electron chi connectivity index (χ3n) is 6.19. The van der Waals surface area contributed by atoms with E-state index in [1.807, 2.05) is 0 Å². The molecule has 0 radical (unpaired) electrons. The van der Waals surface area contributed by atoms with E-state index in [0.717, 1.165) is 12.1 Å². The molecule has 40 heavy (non-hydrogen) atoms. The summed E-state index contributed by atoms with van der Waals surface area (Å²) < 4.78 is 40.9. The number of nitrogens with zero attached hydrogens (tertiary/aromatic N) is 4. The molecule has 1 fully saturated rings. The number of hydrogen-bond acceptors (Lipinski definition) is 6. The molecule has 1 aliphatic rings. The Bertz CT molecular complexity index is 1500. The quantitative estimate of drug-likeness (QED) is 0.434. The maximum Gasteiger partial charge on any atom is 0.407 e. The van der Waals surface area contributed by atoms with E-state index in [-0.39, 0.29) is 51.8 Å². The van der Waals surface area contributed by atoms with Gasteiger partial charge in [0.1, 0.15) is 28.5 Å². The minimum atomic E-state index is -0.786. The van der Waals surface area contributed by atoms with Gasteiger partial charge in [0.25, 0.3) is 5.91 Å². The fourth-order valence-electron chi connectivity index (χ4n) is 4.41. The van der Waals surface area contributed by atoms with Crippen LogP contribution in [0.5, 0.6) is 5.75 Å². The van der Waals surface area contributed by atoms with Gasteiger partial charge < -0.3 is 19.7 Å². The van der Waals surface area contributed by atoms with Gasteiger partial charge in [-0.15, -0.1) is 0 Å². The lowest BCUT2D eigenvalue weighted by atomic mass is 10.1. The average Bonchev–Trinajstić information content (AvgIpc) is 3.24. The number of amides is 2. The van der Waals surface area contributed by atoms with Crippen molar-refractivity contribution in [1.82, 2.24) is 19.8 Å². The number of ether oxygens (including phenoxy) is 2. The molecule has 1 aliphatic heterocycles. The molecule has 210 valence electrons. The molecule has 1 aromatic heterocycles. The van der Waals surface area contributed by atoms with E-state index in [2.05, 4.69) is 10.3 Å². The molecular weight excluding hydrogens is 544 g/mol. The number of carbonyl (C=O) groups excluding carboxylic acids is 2. The fourth-order valence-corrected chi connectivity index (χ4v) is 4.71. The van der Waals surface area contributed by atoms with Crippen molar-refractivity contribution in [3.05, 3.63) is 64.4 Å². The highest BCUT2D eigenvalue weighted by Gasteiger charge is 2.32. The standard InChI is InChI=1S/C28H28ClF2N5O4/c1-28(2,3)40-27(38)33-18-6-5-11-35(15-18)26(37)23-24(29)36(19-9-10-22(39-4)21(31)13-19)25(34-23)16-7-8-17(14-32)20(30)12-16/h7-10,12-13,18H,5-6,11,15H2,1-4H3,(H,33,38)/t18-/m1/s1. The van der Waals surface area contributed by atoms with Crippen LogP contribution in [0.15, 0.2) is 36.4 Å². The number of nitriles is 1. The highest BCUT2D eigenvalue weighted by Crippen LogP contribution is 2.33. The zero-order valence-corrected chi connectivity index (χ0v) is 23.2. The zero-order chi connectivity index (χ0) is 29.2. The Morgan fingerprint density at radius 1 is 1.18 bits per heavy atom. The summed E-state index contributed by atoms with van der Waals surface area (Å²) in [5.74, 6) is -1.90. The molecule has 2 aromatic carbocycles. The molecule has 0 bridgehead atoms. The lowest BCUT2D eigenvalue weighted by molar-refractivity contribution is 0.0451. The van der Waals surface area contributed by atoms with Gasteiger partial charge in [0, 0.05) is 30.8 Å². The van der Waals surface area contributed by atoms with Gasteiger partial charge in [-0.05, 0) is 63.9 Å². The minimum Gasteiger partial charge on any atom is -0.494 e. The summed E-state index contributed by atoms with van der Waals surface area (Å²) in [6.45, 7) is 5.86. The van der Waals surface area contributed by atoms with Crippen molar-refractivity contribution in [2.45, 2.75) is 45.3 Å². The third-order valence-corrected chi connectivity index (χ3v) is 6.54. The number of halogens is 3. The zero-order valence-electron chi connectivity index (χ0n) is 22.4. The van der Waals surface area contributed by atoms with Crippen LogP contribution in [0.2, 0.25) is 5.15 Å². The first-order chi connectivity index (χ1) is 18.9. The Labute approximate surface area is 235 Å². The second-order valence-corrected chi connectivity index (χ2v) is 10.6. The van der Waals surface area contributed by atoms with Gasteiger partial charge in [-0.2, -0.15) is 5.26 Å². The van der Waals surface area contributed by atoms with Crippen LogP contribution in [0.3, 0.4) is 0 Å². The van der Waals surface area contributed by atoms with Gasteiger partial charge >= 0.3 is 6.09 Å². The maximum absolute atomic E-state index is 14.7. The number of nitrogens with one attached hydrogen (secondary N) is 1. The summed E-state index contributed by atoms with van der Waals surface area (Å²) in [6, 6.07) is 9.33. The summed E-state index contributed by atoms with van der Waals surface area (Å²) in [5, 5.41) is 11.8. The van der Waals surface area contributed by atoms with Crippen LogP contribution in [0.25, 0.3) is 17.1 Å². The highest BCUT2D eigenvalue weighted by molar-refractivity contribution is 6.33. The number of benzene rings is 2. The number of methoxy groups -OCH3 is 1. The molecule has 0 spiro atoms. The molecular formula is C28H28ClF2N5O4. The van der Waals surface area contributed by atoms with Gasteiger partial charge in [0.2, 0.25) is 0 Å². The highest BCUT2D eigenvalue weighted by atomic mass is 35.5. The summed E-state index contributed by atoms with van der Waals surface area (Å²) in [6.07, 6.45) is 0.675. The number of piperidine rings is 1. The molecule has 2 heterocycles. The number of aromatic nitrogens is 2. The van der Waals surface area contributed by atoms with Gasteiger partial charge in [0.15, 0.2) is 17.3 Å². The number of carbonyl (C=O) groups is 2. The van der Waals surface area contributed by atoms with Crippen LogP contribution in [0.1, 0.15) is 49.7 Å². The van der Waals surface area contributed by atoms with E-state index in [1.54, 1.807) is 26.8 Å². The Balaban J connectivity index is 1.71. The van der Waals surface area contributed by atoms with Gasteiger partial charge in [-0.1, -0.05) is 11.6 Å². The van der Waals surface area contributed by atoms with Crippen LogP contribution in [0, 0.1) is 23.0 Å². The number of hydrogen-bond donors (Lipinski definition) is 1. The average molecular weight is 572 g/mol. The van der Waals surface area contributed by atoms with Gasteiger partial charge in [-0.3, -0.25) is 9.36 Å². The van der Waals surface area contributed by atoms with E-state index >= 15 is 0 Å². The number of likely N-dealkylation sites (tertiary alicyclic amines) is 1. The molecule has 3 aromatic rings. The predicted octanol–water partition coefficient (Wildman–Crippen LogP) is 5.48. The first kappa shape index (κ1) is 28.8. The van der Waals surface area contributed by atoms with Gasteiger partial charge in [-0.25, -0.2) is 18.6 Å². The molecule has 1 atom stereocenters. The Kier molecular flexibility index (Phi) is 8.30. The van der Waals surface area contributed by atoms with Crippen LogP contribution in [-0.2, 0) is 4.74 Å². The molecule has 0 saturated carbocycles. The van der Waals surface area contributed by atoms with Crippen LogP contribution in [-0.4, -0.2) is 58.3 Å². The smallest absolute Gasteiger partial charge is 0.407 e. The Morgan fingerprint density at radius 2 is 1.93 bits per heavy atom. The van der Waals surface area contributed by atoms with Crippen LogP contribution < -0.4 is 10.1 Å². The van der Waals surface area contributed by atoms with Crippen LogP contribution in [0.4, 0.5) is 13.6 Å². The van der Waals surface area contributed by atoms with Crippen molar-refractivity contribution in [3.8, 4) is 28.9 Å². The van der Waals surface area contributed by atoms with Crippen molar-refractivity contribution >= 4 is 23.6 Å². The van der Waals surface area contributed by atoms with E-state index in [1.165, 1.54) is 40.8 Å². The first-order valence-corrected chi connectivity index (χ1v) is 12.9. The summed E-state index contributed by atoms with van der Waals surface area (Å²) in [7, 11) is 1.33. The third kappa shape index (κ3) is 6.18. The fraction of sp³-hybridized carbons (Fsp3) is 0.357. The Hall–Kier alpha value is -4.17. The summed E-state index contributed by atoms with van der Waals surface area (Å²) in [4.78, 5) is 31.9. The van der Waals surface area contributed by atoms with Gasteiger partial charge in [0.05, 0.1) is 18.4 Å². The van der Waals surface area contributed by atoms with E-state index in [4.69, 9.17) is 26.3 Å². The first-order valence-electron chi connectivity index (χ1n) is 12.5. The second-order valence-electron chi connectivity index (χ2n) is 10.3. The number of imidazole rings is 1. The predicted molar refractivity (Wildman–Crippen MR) is 143 cm³/mol. The summed E-state index contributed by atoms with van der Waals surface area (Å²) >= 11 is 6.71. The minimum absolute atomic E-state index is 0.000832. The SMILES string of the molecule is COc1ccc(-n2c(-c3ccc(C#N)c(F)c3)nc(C(=O)N3CCC[C@@H](NC(=O)OC(C)(C)C)C3)c2Cl)cc1F. The van der Waals surface area contributed by atoms with Crippen molar-refractivity contribution in [3.63, 3.8) is 0 Å². The molecule has 1 saturated heterocycles. The number of rotatable bonds is 5. The van der Waals surface area contributed by atoms with Crippen LogP contribution >= 0.6 is 11.6 Å². The van der Waals surface area contributed by atoms with Crippen molar-refractivity contribution in [2.24, 2.45) is 0 Å². The van der Waals surface area contributed by atoms with Crippen molar-refractivity contribution in [2.75, 3.05) is 20.2 Å². The van der Waals surface area contributed by atoms with E-state index < -0.39 is 29.2 Å². The topological polar surface area (TPSA) is 109 Å². The van der Waals surface area contributed by atoms with E-state index in [9.17, 15) is 18.4 Å². The lowest BCUT2D eigenvalue weighted by Crippen LogP contribution is -2.50. The normalized spacial score (nSPS) is 15.3. The monoisotopic (exact) mass is 571 g/mol. The molecule has 12 heteroatoms. The molecule has 0 unspecified atom stereocenters. The largest absolute Gasteiger partial charge is 0.494 e. The van der Waals surface area contributed by atoms with Crippen molar-refractivity contribution < 1.29 is 27.8 Å². The molecule has 9 nitrogen and oxygen atoms in total. The Morgan fingerprint density at radius 3 is 2.55 bits per heavy atom. The molecule has 4 rings (SSSR count). The lowest BCUT2D eigenvalue weighted by Gasteiger charge is -2.33. The molecule has 0 aliphatic carbocycles. The maximum atomic E-state index is 14.7. The number of alkyl carbamates (subject to hydrolysis) is 1. The van der Waals surface area contributed by atoms with Crippen molar-refractivity contribution in [1.29, 1.82) is 5.26 Å².